The number of rotatable bonds is 3. The number of nitrogens with zero attached hydrogens (tertiary/aromatic N) is 2. The number of fused-ring (bicyclic) bond motifs is 1. The van der Waals surface area contributed by atoms with E-state index >= 15 is 0 Å². The molecule has 0 radical (unpaired) electrons. The normalized spacial score (nSPS) is 22.2. The fourth-order valence-corrected chi connectivity index (χ4v) is 2.86. The van der Waals surface area contributed by atoms with Crippen LogP contribution in [0.4, 0.5) is 4.79 Å². The van der Waals surface area contributed by atoms with Gasteiger partial charge in [-0.05, 0) is 17.7 Å². The third-order valence-electron chi connectivity index (χ3n) is 4.11. The third kappa shape index (κ3) is 2.96. The molecule has 1 aliphatic heterocycles. The van der Waals surface area contributed by atoms with Crippen molar-refractivity contribution in [3.05, 3.63) is 35.4 Å². The van der Waals surface area contributed by atoms with E-state index in [0.717, 1.165) is 13.1 Å². The summed E-state index contributed by atoms with van der Waals surface area (Å²) in [5.74, 6) is 0.370. The Kier molecular flexibility index (Phi) is 4.65. The minimum atomic E-state index is -0.271. The quantitative estimate of drug-likeness (QED) is 0.851. The summed E-state index contributed by atoms with van der Waals surface area (Å²) in [6, 6.07) is 8.80. The molecule has 20 heavy (non-hydrogen) atoms. The molecule has 2 rings (SSSR count). The maximum Gasteiger partial charge on any atom is 0.409 e. The van der Waals surface area contributed by atoms with Gasteiger partial charge in [-0.25, -0.2) is 4.79 Å². The van der Waals surface area contributed by atoms with Gasteiger partial charge in [0, 0.05) is 26.6 Å². The largest absolute Gasteiger partial charge is 0.448 e. The number of amides is 1. The highest BCUT2D eigenvalue weighted by Crippen LogP contribution is 2.32. The average molecular weight is 276 g/mol. The summed E-state index contributed by atoms with van der Waals surface area (Å²) in [5, 5.41) is 0. The summed E-state index contributed by atoms with van der Waals surface area (Å²) in [5.41, 5.74) is 2.76. The van der Waals surface area contributed by atoms with Crippen molar-refractivity contribution >= 4 is 6.09 Å². The summed E-state index contributed by atoms with van der Waals surface area (Å²) >= 11 is 0. The zero-order valence-electron chi connectivity index (χ0n) is 12.8. The number of hydrogen-bond acceptors (Lipinski definition) is 3. The average Bonchev–Trinajstić information content (AvgIpc) is 2.45. The van der Waals surface area contributed by atoms with Gasteiger partial charge in [-0.1, -0.05) is 38.1 Å². The standard InChI is InChI=1S/C16H24N2O2/c1-5-18-10-13-8-6-7-9-14(13)12(2)15(18)11-20-16(19)17(3)4/h6-9,12,15H,5,10-11H2,1-4H3/t12?,15-/m1/s1. The molecule has 1 aliphatic rings. The SMILES string of the molecule is CCN1Cc2ccccc2C(C)[C@H]1COC(=O)N(C)C. The summed E-state index contributed by atoms with van der Waals surface area (Å²) in [6.45, 7) is 6.71. The first-order chi connectivity index (χ1) is 9.54. The van der Waals surface area contributed by atoms with Crippen LogP contribution in [-0.4, -0.2) is 49.2 Å². The van der Waals surface area contributed by atoms with E-state index in [1.165, 1.54) is 16.0 Å². The number of carbonyl (C=O) groups excluding carboxylic acids is 1. The van der Waals surface area contributed by atoms with E-state index < -0.39 is 0 Å². The highest BCUT2D eigenvalue weighted by Gasteiger charge is 2.32. The van der Waals surface area contributed by atoms with Crippen molar-refractivity contribution in [3.63, 3.8) is 0 Å². The Morgan fingerprint density at radius 2 is 2.10 bits per heavy atom. The van der Waals surface area contributed by atoms with Crippen LogP contribution in [-0.2, 0) is 11.3 Å². The van der Waals surface area contributed by atoms with Gasteiger partial charge in [-0.15, -0.1) is 0 Å². The molecule has 0 fully saturated rings. The summed E-state index contributed by atoms with van der Waals surface area (Å²) in [4.78, 5) is 15.5. The highest BCUT2D eigenvalue weighted by molar-refractivity contribution is 5.66. The Morgan fingerprint density at radius 1 is 1.40 bits per heavy atom. The van der Waals surface area contributed by atoms with Gasteiger partial charge >= 0.3 is 6.09 Å². The van der Waals surface area contributed by atoms with Crippen molar-refractivity contribution < 1.29 is 9.53 Å². The minimum absolute atomic E-state index is 0.249. The lowest BCUT2D eigenvalue weighted by Crippen LogP contribution is -2.46. The van der Waals surface area contributed by atoms with E-state index in [2.05, 4.69) is 43.0 Å². The van der Waals surface area contributed by atoms with Crippen LogP contribution in [0, 0.1) is 0 Å². The molecule has 2 atom stereocenters. The Morgan fingerprint density at radius 3 is 2.75 bits per heavy atom. The molecule has 0 spiro atoms. The predicted octanol–water partition coefficient (Wildman–Crippen LogP) is 2.69. The van der Waals surface area contributed by atoms with E-state index in [0.29, 0.717) is 12.5 Å². The summed E-state index contributed by atoms with van der Waals surface area (Å²) in [7, 11) is 3.42. The van der Waals surface area contributed by atoms with Crippen molar-refractivity contribution in [1.82, 2.24) is 9.80 Å². The zero-order valence-corrected chi connectivity index (χ0v) is 12.8. The lowest BCUT2D eigenvalue weighted by molar-refractivity contribution is 0.0578. The van der Waals surface area contributed by atoms with E-state index in [1.54, 1.807) is 14.1 Å². The fourth-order valence-electron chi connectivity index (χ4n) is 2.86. The van der Waals surface area contributed by atoms with Gasteiger partial charge in [-0.3, -0.25) is 4.90 Å². The first-order valence-electron chi connectivity index (χ1n) is 7.20. The van der Waals surface area contributed by atoms with Crippen LogP contribution in [0.5, 0.6) is 0 Å². The molecular weight excluding hydrogens is 252 g/mol. The molecule has 110 valence electrons. The Hall–Kier alpha value is -1.55. The molecule has 0 bridgehead atoms. The molecule has 0 N–H and O–H groups in total. The van der Waals surface area contributed by atoms with E-state index in [-0.39, 0.29) is 12.1 Å². The first kappa shape index (κ1) is 14.9. The smallest absolute Gasteiger partial charge is 0.409 e. The molecule has 4 heteroatoms. The second-order valence-electron chi connectivity index (χ2n) is 5.59. The monoisotopic (exact) mass is 276 g/mol. The van der Waals surface area contributed by atoms with Crippen LogP contribution >= 0.6 is 0 Å². The van der Waals surface area contributed by atoms with Gasteiger partial charge in [0.25, 0.3) is 0 Å². The number of likely N-dealkylation sites (N-methyl/N-ethyl adjacent to an activating group) is 1. The molecule has 1 aromatic rings. The van der Waals surface area contributed by atoms with E-state index in [9.17, 15) is 4.79 Å². The molecule has 4 nitrogen and oxygen atoms in total. The Labute approximate surface area is 121 Å². The molecule has 0 aromatic heterocycles. The molecule has 1 unspecified atom stereocenters. The maximum atomic E-state index is 11.6. The maximum absolute atomic E-state index is 11.6. The lowest BCUT2D eigenvalue weighted by Gasteiger charge is -2.40. The topological polar surface area (TPSA) is 32.8 Å². The van der Waals surface area contributed by atoms with Crippen LogP contribution in [0.15, 0.2) is 24.3 Å². The van der Waals surface area contributed by atoms with Crippen molar-refractivity contribution in [1.29, 1.82) is 0 Å². The van der Waals surface area contributed by atoms with Crippen LogP contribution in [0.25, 0.3) is 0 Å². The van der Waals surface area contributed by atoms with Crippen molar-refractivity contribution in [2.24, 2.45) is 0 Å². The number of benzene rings is 1. The van der Waals surface area contributed by atoms with Crippen molar-refractivity contribution in [2.45, 2.75) is 32.4 Å². The molecule has 1 amide bonds. The lowest BCUT2D eigenvalue weighted by atomic mass is 9.85. The summed E-state index contributed by atoms with van der Waals surface area (Å²) < 4.78 is 5.41. The van der Waals surface area contributed by atoms with E-state index in [4.69, 9.17) is 4.74 Å². The van der Waals surface area contributed by atoms with Crippen LogP contribution < -0.4 is 0 Å². The van der Waals surface area contributed by atoms with Gasteiger partial charge in [0.15, 0.2) is 0 Å². The van der Waals surface area contributed by atoms with Crippen LogP contribution in [0.2, 0.25) is 0 Å². The first-order valence-corrected chi connectivity index (χ1v) is 7.20. The van der Waals surface area contributed by atoms with Crippen LogP contribution in [0.1, 0.15) is 30.9 Å². The second kappa shape index (κ2) is 6.27. The molecule has 0 saturated heterocycles. The molecule has 0 aliphatic carbocycles. The third-order valence-corrected chi connectivity index (χ3v) is 4.11. The van der Waals surface area contributed by atoms with Crippen molar-refractivity contribution in [3.8, 4) is 0 Å². The van der Waals surface area contributed by atoms with Crippen LogP contribution in [0.3, 0.4) is 0 Å². The highest BCUT2D eigenvalue weighted by atomic mass is 16.6. The molecule has 1 heterocycles. The number of ether oxygens (including phenoxy) is 1. The predicted molar refractivity (Wildman–Crippen MR) is 79.8 cm³/mol. The van der Waals surface area contributed by atoms with Gasteiger partial charge in [0.2, 0.25) is 0 Å². The van der Waals surface area contributed by atoms with Gasteiger partial charge < -0.3 is 9.64 Å². The summed E-state index contributed by atoms with van der Waals surface area (Å²) in [6.07, 6.45) is -0.271. The van der Waals surface area contributed by atoms with E-state index in [1.807, 2.05) is 0 Å². The van der Waals surface area contributed by atoms with Gasteiger partial charge in [0.05, 0.1) is 6.04 Å². The number of carbonyl (C=O) groups is 1. The second-order valence-corrected chi connectivity index (χ2v) is 5.59. The minimum Gasteiger partial charge on any atom is -0.448 e. The molecule has 1 aromatic carbocycles. The molecular formula is C16H24N2O2. The van der Waals surface area contributed by atoms with Crippen molar-refractivity contribution in [2.75, 3.05) is 27.2 Å². The van der Waals surface area contributed by atoms with Gasteiger partial charge in [0.1, 0.15) is 6.61 Å². The Bertz CT molecular complexity index is 473. The molecule has 0 saturated carbocycles. The number of hydrogen-bond donors (Lipinski definition) is 0. The van der Waals surface area contributed by atoms with Gasteiger partial charge in [-0.2, -0.15) is 0 Å². The zero-order chi connectivity index (χ0) is 14.7. The Balaban J connectivity index is 2.13. The fraction of sp³-hybridized carbons (Fsp3) is 0.562.